The number of ether oxygens (including phenoxy) is 1. The zero-order valence-electron chi connectivity index (χ0n) is 24.8. The summed E-state index contributed by atoms with van der Waals surface area (Å²) >= 11 is 6.96. The molecular formula is C32H31Br2F3N2O5. The topological polar surface area (TPSA) is 89.8 Å². The fourth-order valence-electron chi connectivity index (χ4n) is 6.64. The van der Waals surface area contributed by atoms with Gasteiger partial charge in [-0.25, -0.2) is 0 Å². The van der Waals surface area contributed by atoms with Gasteiger partial charge in [0.1, 0.15) is 0 Å². The summed E-state index contributed by atoms with van der Waals surface area (Å²) in [6.45, 7) is 10.9. The minimum absolute atomic E-state index is 0.0168. The SMILES string of the molecule is CCN1C2=C(C(=O)CC(C)(C)C2)C(c2cc(Br)c(Oc3ccc(C(F)(F)F)cc3[N+](=O)[O-])c(Br)c2)C2=C1CC(C)(C)CC2=O. The van der Waals surface area contributed by atoms with Gasteiger partial charge >= 0.3 is 11.9 Å². The lowest BCUT2D eigenvalue weighted by Crippen LogP contribution is -2.44. The third-order valence-electron chi connectivity index (χ3n) is 8.39. The number of hydrogen-bond acceptors (Lipinski definition) is 6. The standard InChI is InChI=1S/C32H31Br2F3N2O5/c1-6-38-21-12-30(2,3)14-23(40)27(21)26(28-22(38)13-31(4,5)15-24(28)41)16-9-18(33)29(19(34)10-16)44-25-8-7-17(32(35,36)37)11-20(25)39(42)43/h7-11,26H,6,12-15H2,1-5H3. The van der Waals surface area contributed by atoms with Gasteiger partial charge in [-0.3, -0.25) is 19.7 Å². The van der Waals surface area contributed by atoms with Crippen LogP contribution in [0.4, 0.5) is 18.9 Å². The summed E-state index contributed by atoms with van der Waals surface area (Å²) in [5.41, 5.74) is 1.18. The van der Waals surface area contributed by atoms with Crippen molar-refractivity contribution in [3.8, 4) is 11.5 Å². The smallest absolute Gasteiger partial charge is 0.416 e. The number of hydrogen-bond donors (Lipinski definition) is 0. The number of halogens is 5. The molecule has 0 fully saturated rings. The predicted octanol–water partition coefficient (Wildman–Crippen LogP) is 9.64. The number of nitro benzene ring substituents is 1. The fourth-order valence-corrected chi connectivity index (χ4v) is 8.02. The van der Waals surface area contributed by atoms with Crippen LogP contribution >= 0.6 is 31.9 Å². The maximum atomic E-state index is 13.9. The molecule has 0 bridgehead atoms. The molecule has 1 aliphatic heterocycles. The zero-order valence-corrected chi connectivity index (χ0v) is 28.0. The van der Waals surface area contributed by atoms with Crippen molar-refractivity contribution < 1.29 is 32.4 Å². The summed E-state index contributed by atoms with van der Waals surface area (Å²) in [6, 6.07) is 5.47. The van der Waals surface area contributed by atoms with Crippen molar-refractivity contribution >= 4 is 49.1 Å². The van der Waals surface area contributed by atoms with E-state index in [1.165, 1.54) is 0 Å². The third-order valence-corrected chi connectivity index (χ3v) is 9.57. The normalized spacial score (nSPS) is 20.1. The van der Waals surface area contributed by atoms with Crippen LogP contribution in [0.1, 0.15) is 77.3 Å². The van der Waals surface area contributed by atoms with Gasteiger partial charge in [-0.15, -0.1) is 0 Å². The van der Waals surface area contributed by atoms with Gasteiger partial charge in [0.25, 0.3) is 0 Å². The summed E-state index contributed by atoms with van der Waals surface area (Å²) in [6.07, 6.45) is -2.75. The van der Waals surface area contributed by atoms with E-state index in [4.69, 9.17) is 4.74 Å². The summed E-state index contributed by atoms with van der Waals surface area (Å²) in [5, 5.41) is 11.7. The van der Waals surface area contributed by atoms with Crippen LogP contribution in [-0.2, 0) is 15.8 Å². The Morgan fingerprint density at radius 2 is 1.43 bits per heavy atom. The average Bonchev–Trinajstić information content (AvgIpc) is 2.87. The molecule has 0 saturated heterocycles. The van der Waals surface area contributed by atoms with Crippen LogP contribution in [0.5, 0.6) is 11.5 Å². The zero-order chi connectivity index (χ0) is 32.5. The molecule has 0 radical (unpaired) electrons. The molecule has 0 spiro atoms. The predicted molar refractivity (Wildman–Crippen MR) is 165 cm³/mol. The molecule has 1 heterocycles. The van der Waals surface area contributed by atoms with Gasteiger partial charge < -0.3 is 9.64 Å². The Bertz CT molecular complexity index is 1600. The first-order valence-corrected chi connectivity index (χ1v) is 15.7. The largest absolute Gasteiger partial charge is 0.448 e. The van der Waals surface area contributed by atoms with Crippen molar-refractivity contribution in [1.82, 2.24) is 4.90 Å². The second-order valence-electron chi connectivity index (χ2n) is 13.1. The van der Waals surface area contributed by atoms with Crippen molar-refractivity contribution in [1.29, 1.82) is 0 Å². The van der Waals surface area contributed by atoms with E-state index in [2.05, 4.69) is 64.5 Å². The lowest BCUT2D eigenvalue weighted by molar-refractivity contribution is -0.385. The highest BCUT2D eigenvalue weighted by atomic mass is 79.9. The number of carbonyl (C=O) groups excluding carboxylic acids is 2. The number of nitro groups is 1. The van der Waals surface area contributed by atoms with E-state index in [9.17, 15) is 32.9 Å². The van der Waals surface area contributed by atoms with E-state index in [0.717, 1.165) is 17.5 Å². The van der Waals surface area contributed by atoms with E-state index < -0.39 is 28.3 Å². The molecule has 2 aromatic carbocycles. The van der Waals surface area contributed by atoms with Gasteiger partial charge in [0.15, 0.2) is 17.3 Å². The monoisotopic (exact) mass is 738 g/mol. The number of carbonyl (C=O) groups is 2. The van der Waals surface area contributed by atoms with Crippen molar-refractivity contribution in [2.75, 3.05) is 6.54 Å². The fraction of sp³-hybridized carbons (Fsp3) is 0.438. The van der Waals surface area contributed by atoms with Crippen molar-refractivity contribution in [2.45, 2.75) is 72.4 Å². The first kappa shape index (κ1) is 32.4. The number of Topliss-reactive ketones (excluding diaryl/α,β-unsaturated/α-hetero) is 2. The highest BCUT2D eigenvalue weighted by molar-refractivity contribution is 9.11. The van der Waals surface area contributed by atoms with Crippen molar-refractivity contribution in [2.24, 2.45) is 10.8 Å². The summed E-state index contributed by atoms with van der Waals surface area (Å²) in [5.74, 6) is -0.943. The molecule has 12 heteroatoms. The molecule has 2 aliphatic carbocycles. The maximum Gasteiger partial charge on any atom is 0.416 e. The molecule has 0 saturated carbocycles. The van der Waals surface area contributed by atoms with E-state index in [0.29, 0.717) is 70.0 Å². The summed E-state index contributed by atoms with van der Waals surface area (Å²) < 4.78 is 46.2. The summed E-state index contributed by atoms with van der Waals surface area (Å²) in [4.78, 5) is 40.6. The molecule has 7 nitrogen and oxygen atoms in total. The Balaban J connectivity index is 1.65. The molecule has 234 valence electrons. The number of alkyl halides is 3. The second kappa shape index (κ2) is 11.1. The molecule has 0 atom stereocenters. The lowest BCUT2D eigenvalue weighted by Gasteiger charge is -2.49. The number of ketones is 2. The van der Waals surface area contributed by atoms with Gasteiger partial charge in [0, 0.05) is 53.9 Å². The van der Waals surface area contributed by atoms with Crippen LogP contribution in [0.3, 0.4) is 0 Å². The second-order valence-corrected chi connectivity index (χ2v) is 14.8. The summed E-state index contributed by atoms with van der Waals surface area (Å²) in [7, 11) is 0. The first-order chi connectivity index (χ1) is 20.3. The van der Waals surface area contributed by atoms with Gasteiger partial charge in [0.2, 0.25) is 5.75 Å². The van der Waals surface area contributed by atoms with E-state index in [1.54, 1.807) is 12.1 Å². The molecule has 0 aromatic heterocycles. The van der Waals surface area contributed by atoms with Gasteiger partial charge in [-0.1, -0.05) is 27.7 Å². The van der Waals surface area contributed by atoms with Crippen LogP contribution < -0.4 is 4.74 Å². The highest BCUT2D eigenvalue weighted by Crippen LogP contribution is 2.55. The molecule has 0 unspecified atom stereocenters. The molecule has 3 aliphatic rings. The minimum atomic E-state index is -4.77. The van der Waals surface area contributed by atoms with E-state index in [1.807, 2.05) is 6.92 Å². The molecular weight excluding hydrogens is 709 g/mol. The van der Waals surface area contributed by atoms with Crippen molar-refractivity contribution in [3.63, 3.8) is 0 Å². The Morgan fingerprint density at radius 1 is 0.932 bits per heavy atom. The van der Waals surface area contributed by atoms with E-state index in [-0.39, 0.29) is 33.9 Å². The Labute approximate surface area is 269 Å². The van der Waals surface area contributed by atoms with Gasteiger partial charge in [-0.2, -0.15) is 13.2 Å². The minimum Gasteiger partial charge on any atom is -0.448 e. The van der Waals surface area contributed by atoms with E-state index >= 15 is 0 Å². The average molecular weight is 740 g/mol. The number of nitrogens with zero attached hydrogens (tertiary/aromatic N) is 2. The molecule has 2 aromatic rings. The quantitative estimate of drug-likeness (QED) is 0.224. The van der Waals surface area contributed by atoms with Crippen LogP contribution in [-0.4, -0.2) is 27.9 Å². The Hall–Kier alpha value is -2.99. The number of allylic oxidation sites excluding steroid dienone is 4. The van der Waals surface area contributed by atoms with Crippen LogP contribution in [0, 0.1) is 20.9 Å². The number of benzene rings is 2. The number of rotatable bonds is 5. The first-order valence-electron chi connectivity index (χ1n) is 14.2. The van der Waals surface area contributed by atoms with Crippen LogP contribution in [0.2, 0.25) is 0 Å². The molecule has 44 heavy (non-hydrogen) atoms. The molecule has 5 rings (SSSR count). The molecule has 0 N–H and O–H groups in total. The van der Waals surface area contributed by atoms with Gasteiger partial charge in [0.05, 0.1) is 19.4 Å². The third kappa shape index (κ3) is 5.87. The van der Waals surface area contributed by atoms with Crippen LogP contribution in [0.15, 0.2) is 61.8 Å². The molecule has 0 amide bonds. The maximum absolute atomic E-state index is 13.9. The Morgan fingerprint density at radius 3 is 1.86 bits per heavy atom. The van der Waals surface area contributed by atoms with Crippen LogP contribution in [0.25, 0.3) is 0 Å². The Kier molecular flexibility index (Phi) is 8.19. The highest BCUT2D eigenvalue weighted by Gasteiger charge is 2.49. The van der Waals surface area contributed by atoms with Crippen molar-refractivity contribution in [3.05, 3.63) is 83.1 Å². The lowest BCUT2D eigenvalue weighted by atomic mass is 9.63. The van der Waals surface area contributed by atoms with Gasteiger partial charge in [-0.05, 0) is 92.3 Å².